The number of halogens is 1. The third-order valence-electron chi connectivity index (χ3n) is 5.53. The summed E-state index contributed by atoms with van der Waals surface area (Å²) in [4.78, 5) is 8.03. The molecule has 1 aromatic heterocycles. The third kappa shape index (κ3) is 3.78. The molecule has 0 amide bonds. The van der Waals surface area contributed by atoms with Crippen molar-refractivity contribution in [2.24, 2.45) is 0 Å². The van der Waals surface area contributed by atoms with Gasteiger partial charge >= 0.3 is 0 Å². The molecule has 4 aromatic rings. The molecule has 0 unspecified atom stereocenters. The average Bonchev–Trinajstić information content (AvgIpc) is 3.24. The first-order valence-electron chi connectivity index (χ1n) is 10.0. The van der Waals surface area contributed by atoms with Crippen molar-refractivity contribution in [1.82, 2.24) is 14.3 Å². The van der Waals surface area contributed by atoms with Gasteiger partial charge in [0.15, 0.2) is 0 Å². The fourth-order valence-electron chi connectivity index (χ4n) is 3.83. The highest BCUT2D eigenvalue weighted by Gasteiger charge is 2.27. The van der Waals surface area contributed by atoms with Crippen molar-refractivity contribution in [3.05, 3.63) is 90.3 Å². The molecule has 0 atom stereocenters. The van der Waals surface area contributed by atoms with E-state index in [1.54, 1.807) is 30.3 Å². The maximum Gasteiger partial charge on any atom is 0.243 e. The maximum absolute atomic E-state index is 13.2. The molecule has 31 heavy (non-hydrogen) atoms. The molecule has 1 aliphatic rings. The number of nitrogens with zero attached hydrogens (tertiary/aromatic N) is 2. The molecular formula is C24H20FN3O2S. The minimum atomic E-state index is -3.64. The van der Waals surface area contributed by atoms with Crippen molar-refractivity contribution >= 4 is 26.6 Å². The van der Waals surface area contributed by atoms with Gasteiger partial charge in [-0.1, -0.05) is 48.5 Å². The molecule has 5 rings (SSSR count). The molecule has 1 aliphatic heterocycles. The number of rotatable bonds is 4. The molecule has 3 aromatic carbocycles. The molecular weight excluding hydrogens is 413 g/mol. The van der Waals surface area contributed by atoms with Crippen molar-refractivity contribution in [1.29, 1.82) is 0 Å². The number of sulfonamides is 1. The molecule has 0 saturated carbocycles. The second-order valence-corrected chi connectivity index (χ2v) is 9.42. The van der Waals surface area contributed by atoms with Gasteiger partial charge in [0.05, 0.1) is 15.9 Å². The molecule has 1 N–H and O–H groups in total. The number of aromatic amines is 1. The minimum absolute atomic E-state index is 0.238. The van der Waals surface area contributed by atoms with Crippen LogP contribution in [0.25, 0.3) is 28.0 Å². The van der Waals surface area contributed by atoms with Crippen molar-refractivity contribution < 1.29 is 12.8 Å². The Bertz CT molecular complexity index is 1380. The monoisotopic (exact) mass is 433 g/mol. The summed E-state index contributed by atoms with van der Waals surface area (Å²) in [6, 6.07) is 21.0. The Balaban J connectivity index is 1.41. The normalized spacial score (nSPS) is 15.2. The van der Waals surface area contributed by atoms with Crippen LogP contribution in [0.1, 0.15) is 12.0 Å². The summed E-state index contributed by atoms with van der Waals surface area (Å²) in [5, 5.41) is 0. The largest absolute Gasteiger partial charge is 0.338 e. The summed E-state index contributed by atoms with van der Waals surface area (Å²) in [5.41, 5.74) is 4.29. The van der Waals surface area contributed by atoms with Gasteiger partial charge in [-0.05, 0) is 47.9 Å². The number of aromatic nitrogens is 2. The number of H-pyrrole nitrogens is 1. The Hall–Kier alpha value is -3.29. The zero-order valence-corrected chi connectivity index (χ0v) is 17.4. The van der Waals surface area contributed by atoms with Gasteiger partial charge < -0.3 is 4.98 Å². The fraction of sp³-hybridized carbons (Fsp3) is 0.125. The molecule has 0 bridgehead atoms. The minimum Gasteiger partial charge on any atom is -0.338 e. The molecule has 0 aliphatic carbocycles. The first-order valence-corrected chi connectivity index (χ1v) is 11.4. The first kappa shape index (κ1) is 19.7. The van der Waals surface area contributed by atoms with Gasteiger partial charge in [0.1, 0.15) is 11.6 Å². The molecule has 156 valence electrons. The van der Waals surface area contributed by atoms with Crippen LogP contribution in [-0.2, 0) is 10.0 Å². The van der Waals surface area contributed by atoms with Crippen LogP contribution in [0, 0.1) is 5.82 Å². The van der Waals surface area contributed by atoms with E-state index in [4.69, 9.17) is 0 Å². The van der Waals surface area contributed by atoms with E-state index in [-0.39, 0.29) is 17.3 Å². The van der Waals surface area contributed by atoms with E-state index < -0.39 is 10.0 Å². The van der Waals surface area contributed by atoms with E-state index in [1.165, 1.54) is 16.4 Å². The molecule has 0 fully saturated rings. The Kier molecular flexibility index (Phi) is 4.92. The lowest BCUT2D eigenvalue weighted by molar-refractivity contribution is 0.441. The molecule has 5 nitrogen and oxygen atoms in total. The lowest BCUT2D eigenvalue weighted by atomic mass is 10.0. The second kappa shape index (κ2) is 7.76. The topological polar surface area (TPSA) is 66.1 Å². The summed E-state index contributed by atoms with van der Waals surface area (Å²) in [5.74, 6) is 0.420. The van der Waals surface area contributed by atoms with Crippen LogP contribution in [0.4, 0.5) is 4.39 Å². The number of benzene rings is 3. The van der Waals surface area contributed by atoms with Gasteiger partial charge in [0, 0.05) is 18.7 Å². The van der Waals surface area contributed by atoms with Crippen molar-refractivity contribution in [2.75, 3.05) is 13.1 Å². The van der Waals surface area contributed by atoms with E-state index in [2.05, 4.69) is 9.97 Å². The van der Waals surface area contributed by atoms with Gasteiger partial charge in [-0.15, -0.1) is 0 Å². The summed E-state index contributed by atoms with van der Waals surface area (Å²) in [7, 11) is -3.64. The zero-order chi connectivity index (χ0) is 21.4. The average molecular weight is 434 g/mol. The van der Waals surface area contributed by atoms with E-state index >= 15 is 0 Å². The van der Waals surface area contributed by atoms with Gasteiger partial charge in [-0.3, -0.25) is 0 Å². The summed E-state index contributed by atoms with van der Waals surface area (Å²) < 4.78 is 41.0. The number of hydrogen-bond acceptors (Lipinski definition) is 3. The van der Waals surface area contributed by atoms with Crippen LogP contribution in [-0.4, -0.2) is 35.8 Å². The van der Waals surface area contributed by atoms with E-state index in [9.17, 15) is 12.8 Å². The Morgan fingerprint density at radius 1 is 0.935 bits per heavy atom. The number of nitrogens with one attached hydrogen (secondary N) is 1. The lowest BCUT2D eigenvalue weighted by Gasteiger charge is -2.26. The van der Waals surface area contributed by atoms with Crippen LogP contribution < -0.4 is 0 Å². The number of fused-ring (bicyclic) bond motifs is 1. The molecule has 7 heteroatoms. The second-order valence-electron chi connectivity index (χ2n) is 7.48. The highest BCUT2D eigenvalue weighted by molar-refractivity contribution is 7.89. The van der Waals surface area contributed by atoms with Crippen molar-refractivity contribution in [3.8, 4) is 11.4 Å². The predicted molar refractivity (Wildman–Crippen MR) is 119 cm³/mol. The lowest BCUT2D eigenvalue weighted by Crippen LogP contribution is -2.34. The third-order valence-corrected chi connectivity index (χ3v) is 7.39. The van der Waals surface area contributed by atoms with Crippen LogP contribution >= 0.6 is 0 Å². The SMILES string of the molecule is O=S(=O)(c1ccc2nc(-c3ccccc3)[nH]c2c1)N1CC=C(c2ccc(F)cc2)CC1. The molecule has 0 radical (unpaired) electrons. The van der Waals surface area contributed by atoms with Gasteiger partial charge in [0.25, 0.3) is 0 Å². The molecule has 2 heterocycles. The maximum atomic E-state index is 13.2. The van der Waals surface area contributed by atoms with Crippen molar-refractivity contribution in [2.45, 2.75) is 11.3 Å². The molecule has 0 spiro atoms. The van der Waals surface area contributed by atoms with E-state index in [0.29, 0.717) is 24.3 Å². The Morgan fingerprint density at radius 2 is 1.71 bits per heavy atom. The van der Waals surface area contributed by atoms with Crippen molar-refractivity contribution in [3.63, 3.8) is 0 Å². The Morgan fingerprint density at radius 3 is 2.42 bits per heavy atom. The van der Waals surface area contributed by atoms with Crippen LogP contribution in [0.2, 0.25) is 0 Å². The van der Waals surface area contributed by atoms with Gasteiger partial charge in [0.2, 0.25) is 10.0 Å². The van der Waals surface area contributed by atoms with Crippen LogP contribution in [0.15, 0.2) is 83.8 Å². The van der Waals surface area contributed by atoms with Gasteiger partial charge in [-0.2, -0.15) is 4.31 Å². The Labute approximate surface area is 179 Å². The summed E-state index contributed by atoms with van der Waals surface area (Å²) >= 11 is 0. The predicted octanol–water partition coefficient (Wildman–Crippen LogP) is 4.85. The molecule has 0 saturated heterocycles. The van der Waals surface area contributed by atoms with Gasteiger partial charge in [-0.25, -0.2) is 17.8 Å². The fourth-order valence-corrected chi connectivity index (χ4v) is 5.23. The zero-order valence-electron chi connectivity index (χ0n) is 16.6. The van der Waals surface area contributed by atoms with E-state index in [1.807, 2.05) is 36.4 Å². The van der Waals surface area contributed by atoms with Crippen LogP contribution in [0.5, 0.6) is 0 Å². The number of imidazole rings is 1. The quantitative estimate of drug-likeness (QED) is 0.500. The van der Waals surface area contributed by atoms with Crippen LogP contribution in [0.3, 0.4) is 0 Å². The smallest absolute Gasteiger partial charge is 0.243 e. The summed E-state index contributed by atoms with van der Waals surface area (Å²) in [6.45, 7) is 0.660. The first-order chi connectivity index (χ1) is 15.0. The number of hydrogen-bond donors (Lipinski definition) is 1. The standard InChI is InChI=1S/C24H20FN3O2S/c25-20-8-6-17(7-9-20)18-12-14-28(15-13-18)31(29,30)21-10-11-22-23(16-21)27-24(26-22)19-4-2-1-3-5-19/h1-12,16H,13-15H2,(H,26,27). The van der Waals surface area contributed by atoms with E-state index in [0.717, 1.165) is 22.2 Å². The highest BCUT2D eigenvalue weighted by Crippen LogP contribution is 2.28. The highest BCUT2D eigenvalue weighted by atomic mass is 32.2. The summed E-state index contributed by atoms with van der Waals surface area (Å²) in [6.07, 6.45) is 2.48.